The van der Waals surface area contributed by atoms with Crippen LogP contribution in [0.2, 0.25) is 0 Å². The van der Waals surface area contributed by atoms with E-state index in [2.05, 4.69) is 6.92 Å². The molecule has 0 radical (unpaired) electrons. The van der Waals surface area contributed by atoms with Crippen molar-refractivity contribution in [3.63, 3.8) is 0 Å². The summed E-state index contributed by atoms with van der Waals surface area (Å²) in [6, 6.07) is 9.13. The molecule has 3 nitrogen and oxygen atoms in total. The molecule has 0 bridgehead atoms. The van der Waals surface area contributed by atoms with Crippen molar-refractivity contribution < 1.29 is 15.0 Å². The molecule has 2 N–H and O–H groups in total. The fraction of sp³-hybridized carbons (Fsp3) is 0.533. The molecule has 0 aromatic heterocycles. The molecule has 0 fully saturated rings. The summed E-state index contributed by atoms with van der Waals surface area (Å²) in [4.78, 5) is 10.2. The maximum absolute atomic E-state index is 10.2. The van der Waals surface area contributed by atoms with Gasteiger partial charge in [-0.3, -0.25) is 4.79 Å². The van der Waals surface area contributed by atoms with E-state index >= 15 is 0 Å². The van der Waals surface area contributed by atoms with E-state index in [0.29, 0.717) is 6.61 Å². The minimum Gasteiger partial charge on any atom is -0.481 e. The van der Waals surface area contributed by atoms with Crippen molar-refractivity contribution in [2.24, 2.45) is 0 Å². The summed E-state index contributed by atoms with van der Waals surface area (Å²) in [5.41, 5.74) is 0.843. The van der Waals surface area contributed by atoms with Crippen LogP contribution in [0.3, 0.4) is 0 Å². The molecular formula is C15H24O3. The predicted octanol–water partition coefficient (Wildman–Crippen LogP) is 3.26. The van der Waals surface area contributed by atoms with E-state index in [0.717, 1.165) is 12.0 Å². The van der Waals surface area contributed by atoms with Gasteiger partial charge in [-0.15, -0.1) is 0 Å². The quantitative estimate of drug-likeness (QED) is 0.732. The molecule has 1 aromatic rings. The van der Waals surface area contributed by atoms with Gasteiger partial charge in [0.1, 0.15) is 0 Å². The van der Waals surface area contributed by atoms with Crippen LogP contribution in [0.5, 0.6) is 0 Å². The first-order valence-corrected chi connectivity index (χ1v) is 6.57. The molecule has 18 heavy (non-hydrogen) atoms. The Hall–Kier alpha value is -1.35. The van der Waals surface area contributed by atoms with Crippen LogP contribution in [0.15, 0.2) is 30.3 Å². The van der Waals surface area contributed by atoms with Crippen molar-refractivity contribution in [2.75, 3.05) is 6.61 Å². The van der Waals surface area contributed by atoms with Crippen LogP contribution in [0.25, 0.3) is 0 Å². The van der Waals surface area contributed by atoms with Crippen LogP contribution in [0, 0.1) is 0 Å². The molecule has 102 valence electrons. The average molecular weight is 252 g/mol. The Morgan fingerprint density at radius 3 is 2.17 bits per heavy atom. The Balaban J connectivity index is 0.000000331. The lowest BCUT2D eigenvalue weighted by atomic mass is 10.2. The van der Waals surface area contributed by atoms with E-state index in [1.165, 1.54) is 25.7 Å². The van der Waals surface area contributed by atoms with Crippen LogP contribution in [0.1, 0.15) is 44.6 Å². The molecular weight excluding hydrogens is 228 g/mol. The molecule has 0 atom stereocenters. The van der Waals surface area contributed by atoms with Gasteiger partial charge in [-0.25, -0.2) is 0 Å². The van der Waals surface area contributed by atoms with E-state index in [1.807, 2.05) is 18.2 Å². The third-order valence-corrected chi connectivity index (χ3v) is 2.46. The van der Waals surface area contributed by atoms with Gasteiger partial charge in [-0.1, -0.05) is 62.9 Å². The zero-order chi connectivity index (χ0) is 13.6. The maximum Gasteiger partial charge on any atom is 0.307 e. The lowest BCUT2D eigenvalue weighted by molar-refractivity contribution is -0.136. The van der Waals surface area contributed by atoms with Gasteiger partial charge in [0.2, 0.25) is 0 Å². The monoisotopic (exact) mass is 252 g/mol. The van der Waals surface area contributed by atoms with Crippen LogP contribution >= 0.6 is 0 Å². The predicted molar refractivity (Wildman–Crippen MR) is 73.6 cm³/mol. The summed E-state index contributed by atoms with van der Waals surface area (Å²) >= 11 is 0. The van der Waals surface area contributed by atoms with Crippen LogP contribution in [-0.4, -0.2) is 22.8 Å². The van der Waals surface area contributed by atoms with E-state index in [4.69, 9.17) is 10.2 Å². The number of carboxylic acids is 1. The van der Waals surface area contributed by atoms with Gasteiger partial charge in [0, 0.05) is 6.61 Å². The lowest BCUT2D eigenvalue weighted by Gasteiger charge is -1.93. The maximum atomic E-state index is 10.2. The summed E-state index contributed by atoms with van der Waals surface area (Å²) in [6.45, 7) is 2.56. The number of unbranched alkanes of at least 4 members (excludes halogenated alkanes) is 4. The van der Waals surface area contributed by atoms with Gasteiger partial charge in [-0.2, -0.15) is 0 Å². The van der Waals surface area contributed by atoms with E-state index in [-0.39, 0.29) is 6.42 Å². The van der Waals surface area contributed by atoms with Crippen LogP contribution in [0.4, 0.5) is 0 Å². The van der Waals surface area contributed by atoms with Crippen molar-refractivity contribution >= 4 is 5.97 Å². The number of benzene rings is 1. The molecule has 0 spiro atoms. The third-order valence-electron chi connectivity index (χ3n) is 2.46. The highest BCUT2D eigenvalue weighted by atomic mass is 16.4. The number of hydrogen-bond donors (Lipinski definition) is 2. The molecule has 0 saturated heterocycles. The van der Waals surface area contributed by atoms with Crippen molar-refractivity contribution in [2.45, 2.75) is 45.4 Å². The number of hydrogen-bond acceptors (Lipinski definition) is 2. The van der Waals surface area contributed by atoms with E-state index < -0.39 is 5.97 Å². The first-order chi connectivity index (χ1) is 8.70. The Morgan fingerprint density at radius 1 is 1.06 bits per heavy atom. The SMILES string of the molecule is CCCCCCCO.O=C(O)Cc1ccccc1. The van der Waals surface area contributed by atoms with Gasteiger partial charge in [-0.05, 0) is 12.0 Å². The largest absolute Gasteiger partial charge is 0.481 e. The number of carboxylic acid groups (broad SMARTS) is 1. The Kier molecular flexibility index (Phi) is 11.2. The number of carbonyl (C=O) groups is 1. The zero-order valence-corrected chi connectivity index (χ0v) is 11.1. The standard InChI is InChI=1S/C8H8O2.C7H16O/c9-8(10)6-7-4-2-1-3-5-7;1-2-3-4-5-6-7-8/h1-5H,6H2,(H,9,10);8H,2-7H2,1H3. The average Bonchev–Trinajstić information content (AvgIpc) is 2.36. The van der Waals surface area contributed by atoms with Crippen molar-refractivity contribution in [3.8, 4) is 0 Å². The van der Waals surface area contributed by atoms with E-state index in [9.17, 15) is 4.79 Å². The molecule has 0 aliphatic heterocycles. The Morgan fingerprint density at radius 2 is 1.67 bits per heavy atom. The second kappa shape index (κ2) is 12.1. The minimum absolute atomic E-state index is 0.112. The Bertz CT molecular complexity index is 290. The molecule has 0 heterocycles. The molecule has 1 aromatic carbocycles. The molecule has 3 heteroatoms. The van der Waals surface area contributed by atoms with Crippen LogP contribution in [-0.2, 0) is 11.2 Å². The molecule has 0 unspecified atom stereocenters. The van der Waals surface area contributed by atoms with Gasteiger partial charge < -0.3 is 10.2 Å². The highest BCUT2D eigenvalue weighted by Crippen LogP contribution is 2.00. The highest BCUT2D eigenvalue weighted by molar-refractivity contribution is 5.70. The third kappa shape index (κ3) is 11.1. The Labute approximate surface area is 109 Å². The van der Waals surface area contributed by atoms with Crippen molar-refractivity contribution in [3.05, 3.63) is 35.9 Å². The minimum atomic E-state index is -0.786. The normalized spacial score (nSPS) is 9.44. The number of aliphatic hydroxyl groups excluding tert-OH is 1. The van der Waals surface area contributed by atoms with Crippen LogP contribution < -0.4 is 0 Å². The van der Waals surface area contributed by atoms with E-state index in [1.54, 1.807) is 12.1 Å². The summed E-state index contributed by atoms with van der Waals surface area (Å²) in [6.07, 6.45) is 6.19. The van der Waals surface area contributed by atoms with Crippen molar-refractivity contribution in [1.29, 1.82) is 0 Å². The summed E-state index contributed by atoms with van der Waals surface area (Å²) < 4.78 is 0. The van der Waals surface area contributed by atoms with Gasteiger partial charge in [0.25, 0.3) is 0 Å². The number of aliphatic carboxylic acids is 1. The van der Waals surface area contributed by atoms with Gasteiger partial charge in [0.15, 0.2) is 0 Å². The zero-order valence-electron chi connectivity index (χ0n) is 11.1. The molecule has 1 rings (SSSR count). The summed E-state index contributed by atoms with van der Waals surface area (Å²) in [7, 11) is 0. The first kappa shape index (κ1) is 16.6. The fourth-order valence-corrected chi connectivity index (χ4v) is 1.49. The second-order valence-corrected chi connectivity index (χ2v) is 4.19. The fourth-order valence-electron chi connectivity index (χ4n) is 1.49. The second-order valence-electron chi connectivity index (χ2n) is 4.19. The number of rotatable bonds is 7. The molecule has 0 aliphatic rings. The summed E-state index contributed by atoms with van der Waals surface area (Å²) in [5, 5.41) is 16.7. The highest BCUT2D eigenvalue weighted by Gasteiger charge is 1.96. The van der Waals surface area contributed by atoms with Gasteiger partial charge in [0.05, 0.1) is 6.42 Å². The summed E-state index contributed by atoms with van der Waals surface area (Å²) in [5.74, 6) is -0.786. The topological polar surface area (TPSA) is 57.5 Å². The van der Waals surface area contributed by atoms with Gasteiger partial charge >= 0.3 is 5.97 Å². The number of aliphatic hydroxyl groups is 1. The molecule has 0 saturated carbocycles. The van der Waals surface area contributed by atoms with Crippen molar-refractivity contribution in [1.82, 2.24) is 0 Å². The molecule has 0 aliphatic carbocycles. The molecule has 0 amide bonds. The first-order valence-electron chi connectivity index (χ1n) is 6.57. The lowest BCUT2D eigenvalue weighted by Crippen LogP contribution is -1.98. The smallest absolute Gasteiger partial charge is 0.307 e.